The molecular weight excluding hydrogens is 286 g/mol. The third kappa shape index (κ3) is 31.3. The van der Waals surface area contributed by atoms with Crippen LogP contribution in [0, 0.1) is 0 Å². The van der Waals surface area contributed by atoms with Crippen LogP contribution in [-0.2, 0) is 40.9 Å². The van der Waals surface area contributed by atoms with E-state index < -0.39 is 23.9 Å². The monoisotopic (exact) mass is 292 g/mol. The first kappa shape index (κ1) is 29.9. The van der Waals surface area contributed by atoms with Crippen LogP contribution >= 0.6 is 0 Å². The standard InChI is InChI=1S/2C2H2O4.K.Na.Ti.2H/c2*3-1(4)2(5)6;;;;;/h2*(H,3,4)(H,5,6);;;;;/q;;2*+1;;2*-1. The molecule has 11 heteroatoms. The summed E-state index contributed by atoms with van der Waals surface area (Å²) in [7, 11) is 0. The molecule has 0 fully saturated rings. The van der Waals surface area contributed by atoms with E-state index in [1.807, 2.05) is 0 Å². The average Bonchev–Trinajstić information content (AvgIpc) is 1.88. The molecule has 76 valence electrons. The summed E-state index contributed by atoms with van der Waals surface area (Å²) in [5.41, 5.74) is 0. The molecule has 0 saturated carbocycles. The molecule has 0 radical (unpaired) electrons. The number of rotatable bonds is 0. The first-order valence-corrected chi connectivity index (χ1v) is 2.21. The van der Waals surface area contributed by atoms with Crippen LogP contribution in [0.4, 0.5) is 0 Å². The molecule has 0 heterocycles. The summed E-state index contributed by atoms with van der Waals surface area (Å²) in [6.45, 7) is 0. The van der Waals surface area contributed by atoms with Crippen molar-refractivity contribution < 1.29 is 145 Å². The van der Waals surface area contributed by atoms with E-state index in [1.165, 1.54) is 0 Å². The number of carboxylic acids is 4. The van der Waals surface area contributed by atoms with Gasteiger partial charge in [0.25, 0.3) is 0 Å². The Hall–Kier alpha value is 1.23. The molecule has 0 aromatic rings. The van der Waals surface area contributed by atoms with Gasteiger partial charge in [0.15, 0.2) is 0 Å². The van der Waals surface area contributed by atoms with Crippen molar-refractivity contribution in [3.05, 3.63) is 0 Å². The SMILES string of the molecule is O=C(O)C(=O)O.O=C(O)C(=O)O.[H-].[H-].[K+].[Na+].[Ti]. The van der Waals surface area contributed by atoms with E-state index in [-0.39, 0.29) is 106 Å². The molecule has 0 spiro atoms. The molecule has 0 bridgehead atoms. The molecule has 0 aromatic carbocycles. The zero-order valence-corrected chi connectivity index (χ0v) is 14.6. The van der Waals surface area contributed by atoms with Gasteiger partial charge in [0.05, 0.1) is 0 Å². The van der Waals surface area contributed by atoms with E-state index in [9.17, 15) is 0 Å². The Morgan fingerprint density at radius 2 is 0.733 bits per heavy atom. The van der Waals surface area contributed by atoms with Gasteiger partial charge in [-0.15, -0.1) is 0 Å². The summed E-state index contributed by atoms with van der Waals surface area (Å²) in [5, 5.41) is 29.6. The summed E-state index contributed by atoms with van der Waals surface area (Å²) in [6.07, 6.45) is 0. The summed E-state index contributed by atoms with van der Waals surface area (Å²) >= 11 is 0. The second kappa shape index (κ2) is 17.6. The summed E-state index contributed by atoms with van der Waals surface area (Å²) in [6, 6.07) is 0. The van der Waals surface area contributed by atoms with Crippen molar-refractivity contribution in [2.24, 2.45) is 0 Å². The van der Waals surface area contributed by atoms with E-state index in [4.69, 9.17) is 39.6 Å². The van der Waals surface area contributed by atoms with Crippen molar-refractivity contribution in [1.82, 2.24) is 0 Å². The van der Waals surface area contributed by atoms with E-state index in [0.29, 0.717) is 0 Å². The molecule has 15 heavy (non-hydrogen) atoms. The third-order valence-electron chi connectivity index (χ3n) is 0.366. The van der Waals surface area contributed by atoms with Gasteiger partial charge in [-0.05, 0) is 0 Å². The van der Waals surface area contributed by atoms with Crippen LogP contribution < -0.4 is 80.9 Å². The molecule has 0 aromatic heterocycles. The Kier molecular flexibility index (Phi) is 35.1. The molecule has 0 amide bonds. The van der Waals surface area contributed by atoms with Gasteiger partial charge in [-0.3, -0.25) is 0 Å². The summed E-state index contributed by atoms with van der Waals surface area (Å²) < 4.78 is 0. The van der Waals surface area contributed by atoms with E-state index in [1.54, 1.807) is 0 Å². The first-order chi connectivity index (χ1) is 5.29. The van der Waals surface area contributed by atoms with Crippen LogP contribution in [0.3, 0.4) is 0 Å². The van der Waals surface area contributed by atoms with Gasteiger partial charge in [-0.25, -0.2) is 19.2 Å². The van der Waals surface area contributed by atoms with Gasteiger partial charge >= 0.3 is 105 Å². The van der Waals surface area contributed by atoms with Crippen LogP contribution in [-0.4, -0.2) is 44.3 Å². The van der Waals surface area contributed by atoms with Crippen molar-refractivity contribution in [3.63, 3.8) is 0 Å². The quantitative estimate of drug-likeness (QED) is 0.254. The minimum atomic E-state index is -1.82. The van der Waals surface area contributed by atoms with E-state index in [2.05, 4.69) is 0 Å². The Bertz CT molecular complexity index is 192. The Labute approximate surface area is 166 Å². The summed E-state index contributed by atoms with van der Waals surface area (Å²) in [5.74, 6) is -7.30. The fourth-order valence-electron chi connectivity index (χ4n) is 0. The largest absolute Gasteiger partial charge is 1.00 e. The first-order valence-electron chi connectivity index (χ1n) is 2.21. The third-order valence-corrected chi connectivity index (χ3v) is 0.366. The van der Waals surface area contributed by atoms with Crippen LogP contribution in [0.1, 0.15) is 2.85 Å². The molecule has 0 atom stereocenters. The molecule has 8 nitrogen and oxygen atoms in total. The van der Waals surface area contributed by atoms with Crippen LogP contribution in [0.25, 0.3) is 0 Å². The predicted octanol–water partition coefficient (Wildman–Crippen LogP) is -7.46. The van der Waals surface area contributed by atoms with Crippen molar-refractivity contribution in [2.45, 2.75) is 0 Å². The zero-order valence-electron chi connectivity index (χ0n) is 9.92. The molecule has 0 unspecified atom stereocenters. The Morgan fingerprint density at radius 3 is 0.733 bits per heavy atom. The number of carbonyl (C=O) groups is 4. The van der Waals surface area contributed by atoms with E-state index >= 15 is 0 Å². The predicted molar refractivity (Wildman–Crippen MR) is 32.8 cm³/mol. The molecule has 0 aliphatic carbocycles. The maximum atomic E-state index is 9.10. The maximum Gasteiger partial charge on any atom is 1.00 e. The van der Waals surface area contributed by atoms with Gasteiger partial charge in [-0.2, -0.15) is 0 Å². The zero-order chi connectivity index (χ0) is 10.3. The minimum absolute atomic E-state index is 0. The second-order valence-electron chi connectivity index (χ2n) is 1.22. The van der Waals surface area contributed by atoms with Gasteiger partial charge in [0, 0.05) is 21.7 Å². The fraction of sp³-hybridized carbons (Fsp3) is 0. The topological polar surface area (TPSA) is 149 Å². The number of hydrogen-bond acceptors (Lipinski definition) is 4. The summed E-state index contributed by atoms with van der Waals surface area (Å²) in [4.78, 5) is 36.4. The number of aliphatic carboxylic acids is 4. The van der Waals surface area contributed by atoms with Crippen molar-refractivity contribution in [1.29, 1.82) is 0 Å². The maximum absolute atomic E-state index is 9.10. The Balaban J connectivity index is -0.0000000182. The van der Waals surface area contributed by atoms with Crippen LogP contribution in [0.2, 0.25) is 0 Å². The average molecular weight is 292 g/mol. The minimum Gasteiger partial charge on any atom is -1.00 e. The van der Waals surface area contributed by atoms with Gasteiger partial charge in [0.1, 0.15) is 0 Å². The molecule has 4 N–H and O–H groups in total. The van der Waals surface area contributed by atoms with Crippen LogP contribution in [0.15, 0.2) is 0 Å². The number of carboxylic acid groups (broad SMARTS) is 4. The Morgan fingerprint density at radius 1 is 0.667 bits per heavy atom. The van der Waals surface area contributed by atoms with Gasteiger partial charge < -0.3 is 23.3 Å². The van der Waals surface area contributed by atoms with Crippen molar-refractivity contribution in [3.8, 4) is 0 Å². The van der Waals surface area contributed by atoms with Gasteiger partial charge in [0.2, 0.25) is 0 Å². The molecule has 0 aliphatic rings. The van der Waals surface area contributed by atoms with Crippen molar-refractivity contribution in [2.75, 3.05) is 0 Å². The molecule has 0 rings (SSSR count). The fourth-order valence-corrected chi connectivity index (χ4v) is 0. The van der Waals surface area contributed by atoms with Crippen molar-refractivity contribution >= 4 is 23.9 Å². The van der Waals surface area contributed by atoms with E-state index in [0.717, 1.165) is 0 Å². The van der Waals surface area contributed by atoms with Gasteiger partial charge in [-0.1, -0.05) is 0 Å². The second-order valence-corrected chi connectivity index (χ2v) is 1.22. The molecular formula is C4H6KNaO8Ti. The molecule has 0 aliphatic heterocycles. The number of hydrogen-bond donors (Lipinski definition) is 4. The van der Waals surface area contributed by atoms with Crippen LogP contribution in [0.5, 0.6) is 0 Å². The normalized spacial score (nSPS) is 5.87. The molecule has 0 saturated heterocycles. The smallest absolute Gasteiger partial charge is 1.00 e.